The van der Waals surface area contributed by atoms with Crippen LogP contribution >= 0.6 is 0 Å². The van der Waals surface area contributed by atoms with Gasteiger partial charge in [-0.3, -0.25) is 4.90 Å². The van der Waals surface area contributed by atoms with Crippen LogP contribution in [-0.4, -0.2) is 48.6 Å². The largest absolute Gasteiger partial charge is 0.354 e. The summed E-state index contributed by atoms with van der Waals surface area (Å²) in [6, 6.07) is 5.29. The average Bonchev–Trinajstić information content (AvgIpc) is 3.33. The van der Waals surface area contributed by atoms with Gasteiger partial charge in [-0.2, -0.15) is 0 Å². The molecule has 116 valence electrons. The van der Waals surface area contributed by atoms with E-state index in [-0.39, 0.29) is 0 Å². The van der Waals surface area contributed by atoms with Crippen molar-refractivity contribution < 1.29 is 0 Å². The Morgan fingerprint density at radius 3 is 2.52 bits per heavy atom. The van der Waals surface area contributed by atoms with E-state index < -0.39 is 0 Å². The second-order valence-electron chi connectivity index (χ2n) is 6.80. The summed E-state index contributed by atoms with van der Waals surface area (Å²) in [6.07, 6.45) is 4.85. The summed E-state index contributed by atoms with van der Waals surface area (Å²) in [5, 5.41) is 3.47. The standard InChI is InChI=1S/C17H28N4/c1-14(2)11-18-12-15-3-6-17(19-13-15)21-9-7-20(8-10-21)16-4-5-16/h3,6,13-14,16,18H,4-5,7-12H2,1-2H3. The quantitative estimate of drug-likeness (QED) is 0.869. The van der Waals surface area contributed by atoms with E-state index in [1.54, 1.807) is 0 Å². The van der Waals surface area contributed by atoms with Crippen molar-refractivity contribution in [3.05, 3.63) is 23.9 Å². The Bertz CT molecular complexity index is 431. The van der Waals surface area contributed by atoms with E-state index in [9.17, 15) is 0 Å². The van der Waals surface area contributed by atoms with Crippen LogP contribution < -0.4 is 10.2 Å². The van der Waals surface area contributed by atoms with Gasteiger partial charge >= 0.3 is 0 Å². The molecule has 0 spiro atoms. The van der Waals surface area contributed by atoms with Crippen LogP contribution in [0.4, 0.5) is 5.82 Å². The third-order valence-corrected chi connectivity index (χ3v) is 4.39. The average molecular weight is 288 g/mol. The molecule has 1 aromatic rings. The number of nitrogens with zero attached hydrogens (tertiary/aromatic N) is 3. The molecule has 0 unspecified atom stereocenters. The fourth-order valence-corrected chi connectivity index (χ4v) is 2.97. The summed E-state index contributed by atoms with van der Waals surface area (Å²) in [6.45, 7) is 11.1. The van der Waals surface area contributed by atoms with Crippen LogP contribution in [0.5, 0.6) is 0 Å². The number of piperazine rings is 1. The van der Waals surface area contributed by atoms with Gasteiger partial charge in [0.05, 0.1) is 0 Å². The van der Waals surface area contributed by atoms with Gasteiger partial charge in [0, 0.05) is 45.0 Å². The van der Waals surface area contributed by atoms with Crippen molar-refractivity contribution in [2.45, 2.75) is 39.3 Å². The lowest BCUT2D eigenvalue weighted by atomic mass is 10.2. The zero-order valence-corrected chi connectivity index (χ0v) is 13.4. The fraction of sp³-hybridized carbons (Fsp3) is 0.706. The Morgan fingerprint density at radius 1 is 1.19 bits per heavy atom. The topological polar surface area (TPSA) is 31.4 Å². The molecule has 0 amide bonds. The maximum atomic E-state index is 4.65. The van der Waals surface area contributed by atoms with E-state index in [1.807, 2.05) is 6.20 Å². The number of pyridine rings is 1. The minimum atomic E-state index is 0.694. The summed E-state index contributed by atoms with van der Waals surface area (Å²) < 4.78 is 0. The summed E-state index contributed by atoms with van der Waals surface area (Å²) in [5.41, 5.74) is 1.27. The van der Waals surface area contributed by atoms with Crippen LogP contribution in [0.2, 0.25) is 0 Å². The van der Waals surface area contributed by atoms with Crippen LogP contribution in [0, 0.1) is 5.92 Å². The molecule has 0 radical (unpaired) electrons. The van der Waals surface area contributed by atoms with E-state index in [1.165, 1.54) is 31.5 Å². The molecule has 3 rings (SSSR count). The fourth-order valence-electron chi connectivity index (χ4n) is 2.97. The third-order valence-electron chi connectivity index (χ3n) is 4.39. The smallest absolute Gasteiger partial charge is 0.128 e. The molecule has 4 nitrogen and oxygen atoms in total. The Balaban J connectivity index is 1.47. The molecule has 1 saturated heterocycles. The van der Waals surface area contributed by atoms with Crippen LogP contribution in [-0.2, 0) is 6.54 Å². The van der Waals surface area contributed by atoms with Crippen LogP contribution in [0.15, 0.2) is 18.3 Å². The molecule has 21 heavy (non-hydrogen) atoms. The van der Waals surface area contributed by atoms with Crippen LogP contribution in [0.1, 0.15) is 32.3 Å². The highest BCUT2D eigenvalue weighted by atomic mass is 15.3. The SMILES string of the molecule is CC(C)CNCc1ccc(N2CCN(C3CC3)CC2)nc1. The zero-order valence-electron chi connectivity index (χ0n) is 13.4. The van der Waals surface area contributed by atoms with Gasteiger partial charge < -0.3 is 10.2 Å². The number of rotatable bonds is 6. The first kappa shape index (κ1) is 14.8. The minimum Gasteiger partial charge on any atom is -0.354 e. The lowest BCUT2D eigenvalue weighted by Gasteiger charge is -2.35. The molecular formula is C17H28N4. The number of aromatic nitrogens is 1. The van der Waals surface area contributed by atoms with E-state index in [0.717, 1.165) is 38.0 Å². The van der Waals surface area contributed by atoms with Crippen molar-refractivity contribution in [2.75, 3.05) is 37.6 Å². The summed E-state index contributed by atoms with van der Waals surface area (Å²) >= 11 is 0. The number of hydrogen-bond acceptors (Lipinski definition) is 4. The Kier molecular flexibility index (Phi) is 4.76. The maximum Gasteiger partial charge on any atom is 0.128 e. The maximum absolute atomic E-state index is 4.65. The lowest BCUT2D eigenvalue weighted by molar-refractivity contribution is 0.247. The highest BCUT2D eigenvalue weighted by Crippen LogP contribution is 2.28. The molecular weight excluding hydrogens is 260 g/mol. The van der Waals surface area contributed by atoms with Gasteiger partial charge in [0.15, 0.2) is 0 Å². The molecule has 0 bridgehead atoms. The monoisotopic (exact) mass is 288 g/mol. The second-order valence-corrected chi connectivity index (χ2v) is 6.80. The number of anilines is 1. The lowest BCUT2D eigenvalue weighted by Crippen LogP contribution is -2.47. The van der Waals surface area contributed by atoms with Gasteiger partial charge in [0.25, 0.3) is 0 Å². The molecule has 0 atom stereocenters. The first-order valence-electron chi connectivity index (χ1n) is 8.37. The predicted octanol–water partition coefficient (Wildman–Crippen LogP) is 2.11. The van der Waals surface area contributed by atoms with E-state index in [2.05, 4.69) is 46.1 Å². The number of hydrogen-bond donors (Lipinski definition) is 1. The van der Waals surface area contributed by atoms with Crippen molar-refractivity contribution in [3.8, 4) is 0 Å². The van der Waals surface area contributed by atoms with Crippen molar-refractivity contribution in [1.82, 2.24) is 15.2 Å². The molecule has 1 saturated carbocycles. The second kappa shape index (κ2) is 6.75. The first-order valence-corrected chi connectivity index (χ1v) is 8.37. The molecule has 1 aromatic heterocycles. The normalized spacial score (nSPS) is 20.2. The number of nitrogens with one attached hydrogen (secondary N) is 1. The van der Waals surface area contributed by atoms with Crippen LogP contribution in [0.25, 0.3) is 0 Å². The zero-order chi connectivity index (χ0) is 14.7. The van der Waals surface area contributed by atoms with Crippen molar-refractivity contribution >= 4 is 5.82 Å². The molecule has 4 heteroatoms. The Hall–Kier alpha value is -1.13. The Labute approximate surface area is 128 Å². The van der Waals surface area contributed by atoms with Gasteiger partial charge in [-0.15, -0.1) is 0 Å². The van der Waals surface area contributed by atoms with Gasteiger partial charge in [0.2, 0.25) is 0 Å². The third kappa shape index (κ3) is 4.17. The van der Waals surface area contributed by atoms with E-state index in [0.29, 0.717) is 5.92 Å². The van der Waals surface area contributed by atoms with E-state index >= 15 is 0 Å². The van der Waals surface area contributed by atoms with Gasteiger partial charge in [-0.25, -0.2) is 4.98 Å². The minimum absolute atomic E-state index is 0.694. The van der Waals surface area contributed by atoms with Crippen molar-refractivity contribution in [1.29, 1.82) is 0 Å². The van der Waals surface area contributed by atoms with Gasteiger partial charge in [-0.05, 0) is 36.9 Å². The molecule has 2 fully saturated rings. The summed E-state index contributed by atoms with van der Waals surface area (Å²) in [5.74, 6) is 1.83. The van der Waals surface area contributed by atoms with Crippen molar-refractivity contribution in [2.24, 2.45) is 5.92 Å². The Morgan fingerprint density at radius 2 is 1.95 bits per heavy atom. The summed E-state index contributed by atoms with van der Waals surface area (Å²) in [7, 11) is 0. The highest BCUT2D eigenvalue weighted by molar-refractivity contribution is 5.40. The van der Waals surface area contributed by atoms with Crippen LogP contribution in [0.3, 0.4) is 0 Å². The summed E-state index contributed by atoms with van der Waals surface area (Å²) in [4.78, 5) is 9.71. The molecule has 1 aliphatic heterocycles. The predicted molar refractivity (Wildman–Crippen MR) is 87.6 cm³/mol. The molecule has 1 aliphatic carbocycles. The molecule has 1 N–H and O–H groups in total. The molecule has 0 aromatic carbocycles. The molecule has 2 aliphatic rings. The van der Waals surface area contributed by atoms with E-state index in [4.69, 9.17) is 0 Å². The van der Waals surface area contributed by atoms with Gasteiger partial charge in [0.1, 0.15) is 5.82 Å². The highest BCUT2D eigenvalue weighted by Gasteiger charge is 2.31. The van der Waals surface area contributed by atoms with Gasteiger partial charge in [-0.1, -0.05) is 19.9 Å². The first-order chi connectivity index (χ1) is 10.2. The molecule has 2 heterocycles. The van der Waals surface area contributed by atoms with Crippen molar-refractivity contribution in [3.63, 3.8) is 0 Å².